The Hall–Kier alpha value is -4.09. The minimum Gasteiger partial charge on any atom is -0.479 e. The van der Waals surface area contributed by atoms with Gasteiger partial charge in [-0.25, -0.2) is 9.59 Å². The van der Waals surface area contributed by atoms with Gasteiger partial charge in [-0.2, -0.15) is 0 Å². The molecule has 0 saturated carbocycles. The van der Waals surface area contributed by atoms with E-state index < -0.39 is 18.0 Å². The predicted molar refractivity (Wildman–Crippen MR) is 135 cm³/mol. The van der Waals surface area contributed by atoms with Gasteiger partial charge in [0.2, 0.25) is 0 Å². The average Bonchev–Trinajstić information content (AvgIpc) is 2.88. The zero-order valence-electron chi connectivity index (χ0n) is 18.8. The lowest BCUT2D eigenvalue weighted by Crippen LogP contribution is -2.28. The van der Waals surface area contributed by atoms with Crippen LogP contribution in [0.2, 0.25) is 5.02 Å². The van der Waals surface area contributed by atoms with Gasteiger partial charge in [-0.3, -0.25) is 0 Å². The fourth-order valence-electron chi connectivity index (χ4n) is 3.58. The zero-order chi connectivity index (χ0) is 24.6. The summed E-state index contributed by atoms with van der Waals surface area (Å²) in [6, 6.07) is 30.6. The van der Waals surface area contributed by atoms with Gasteiger partial charge < -0.3 is 14.6 Å². The number of benzene rings is 4. The number of carboxylic acid groups (broad SMARTS) is 1. The lowest BCUT2D eigenvalue weighted by Gasteiger charge is -2.17. The van der Waals surface area contributed by atoms with E-state index in [0.717, 1.165) is 16.7 Å². The predicted octanol–water partition coefficient (Wildman–Crippen LogP) is 6.69. The van der Waals surface area contributed by atoms with Gasteiger partial charge in [0.15, 0.2) is 6.10 Å². The van der Waals surface area contributed by atoms with E-state index in [0.29, 0.717) is 17.2 Å². The molecule has 4 rings (SSSR count). The molecule has 0 spiro atoms. The van der Waals surface area contributed by atoms with Gasteiger partial charge in [-0.05, 0) is 65.9 Å². The molecule has 1 atom stereocenters. The summed E-state index contributed by atoms with van der Waals surface area (Å²) in [6.07, 6.45) is -0.400. The molecule has 0 fully saturated rings. The van der Waals surface area contributed by atoms with Crippen molar-refractivity contribution in [1.29, 1.82) is 0 Å². The van der Waals surface area contributed by atoms with Gasteiger partial charge in [-0.15, -0.1) is 0 Å². The van der Waals surface area contributed by atoms with Crippen LogP contribution in [0.5, 0.6) is 11.5 Å². The van der Waals surface area contributed by atoms with Crippen molar-refractivity contribution in [3.8, 4) is 22.6 Å². The van der Waals surface area contributed by atoms with Crippen LogP contribution in [0.3, 0.4) is 0 Å². The molecule has 0 aliphatic heterocycles. The maximum Gasteiger partial charge on any atom is 0.347 e. The topological polar surface area (TPSA) is 72.8 Å². The lowest BCUT2D eigenvalue weighted by molar-refractivity contribution is -0.145. The number of hydrogen-bond acceptors (Lipinski definition) is 4. The average molecular weight is 487 g/mol. The molecule has 35 heavy (non-hydrogen) atoms. The molecular weight excluding hydrogens is 464 g/mol. The van der Waals surface area contributed by atoms with Crippen molar-refractivity contribution in [1.82, 2.24) is 0 Å². The molecule has 0 radical (unpaired) electrons. The van der Waals surface area contributed by atoms with Crippen LogP contribution in [0.25, 0.3) is 11.1 Å². The molecule has 0 bridgehead atoms. The van der Waals surface area contributed by atoms with E-state index in [9.17, 15) is 14.7 Å². The summed E-state index contributed by atoms with van der Waals surface area (Å²) >= 11 is 5.96. The number of halogens is 1. The van der Waals surface area contributed by atoms with E-state index >= 15 is 0 Å². The number of esters is 1. The monoisotopic (exact) mass is 486 g/mol. The molecule has 1 unspecified atom stereocenters. The summed E-state index contributed by atoms with van der Waals surface area (Å²) in [5.74, 6) is -1.16. The number of rotatable bonds is 9. The van der Waals surface area contributed by atoms with Crippen LogP contribution < -0.4 is 9.47 Å². The first-order chi connectivity index (χ1) is 17.0. The molecular formula is C29H23ClO5. The smallest absolute Gasteiger partial charge is 0.347 e. The summed E-state index contributed by atoms with van der Waals surface area (Å²) in [7, 11) is 0. The van der Waals surface area contributed by atoms with Crippen molar-refractivity contribution >= 4 is 23.5 Å². The summed E-state index contributed by atoms with van der Waals surface area (Å²) in [5, 5.41) is 10.4. The first-order valence-corrected chi connectivity index (χ1v) is 11.5. The van der Waals surface area contributed by atoms with E-state index in [1.807, 2.05) is 54.6 Å². The maximum absolute atomic E-state index is 12.7. The second-order valence-corrected chi connectivity index (χ2v) is 8.32. The van der Waals surface area contributed by atoms with Crippen LogP contribution in [0.15, 0.2) is 103 Å². The molecule has 6 heteroatoms. The Bertz CT molecular complexity index is 1280. The van der Waals surface area contributed by atoms with Gasteiger partial charge >= 0.3 is 11.9 Å². The molecule has 0 saturated heterocycles. The molecule has 0 amide bonds. The molecule has 0 aromatic heterocycles. The highest BCUT2D eigenvalue weighted by Gasteiger charge is 2.23. The number of para-hydroxylation sites is 2. The normalized spacial score (nSPS) is 11.5. The van der Waals surface area contributed by atoms with E-state index in [2.05, 4.69) is 0 Å². The Morgan fingerprint density at radius 2 is 1.37 bits per heavy atom. The molecule has 4 aromatic rings. The fourth-order valence-corrected chi connectivity index (χ4v) is 3.70. The van der Waals surface area contributed by atoms with Crippen LogP contribution in [-0.4, -0.2) is 23.1 Å². The highest BCUT2D eigenvalue weighted by molar-refractivity contribution is 6.30. The number of ether oxygens (including phenoxy) is 2. The van der Waals surface area contributed by atoms with Crippen LogP contribution in [0, 0.1) is 0 Å². The van der Waals surface area contributed by atoms with Crippen molar-refractivity contribution in [2.45, 2.75) is 18.9 Å². The number of aryl methyl sites for hydroxylation is 1. The van der Waals surface area contributed by atoms with Crippen molar-refractivity contribution in [2.24, 2.45) is 0 Å². The van der Waals surface area contributed by atoms with Gasteiger partial charge in [0.05, 0.1) is 0 Å². The van der Waals surface area contributed by atoms with Crippen LogP contribution in [0.4, 0.5) is 0 Å². The highest BCUT2D eigenvalue weighted by Crippen LogP contribution is 2.25. The first-order valence-electron chi connectivity index (χ1n) is 11.1. The number of hydrogen-bond donors (Lipinski definition) is 1. The van der Waals surface area contributed by atoms with Gasteiger partial charge in [0.25, 0.3) is 0 Å². The quantitative estimate of drug-likeness (QED) is 0.211. The Labute approximate surface area is 208 Å². The van der Waals surface area contributed by atoms with E-state index in [-0.39, 0.29) is 17.7 Å². The van der Waals surface area contributed by atoms with Crippen molar-refractivity contribution in [3.63, 3.8) is 0 Å². The SMILES string of the molecule is O=C(Oc1ccccc1)c1ccccc1OC(CCc1ccc(-c2ccc(Cl)cc2)cc1)C(=O)O. The Morgan fingerprint density at radius 1 is 0.771 bits per heavy atom. The third-order valence-electron chi connectivity index (χ3n) is 5.43. The molecule has 0 heterocycles. The molecule has 0 aliphatic rings. The molecule has 5 nitrogen and oxygen atoms in total. The number of aliphatic carboxylic acids is 1. The Balaban J connectivity index is 1.42. The molecule has 4 aromatic carbocycles. The summed E-state index contributed by atoms with van der Waals surface area (Å²) < 4.78 is 11.2. The lowest BCUT2D eigenvalue weighted by atomic mass is 10.0. The Kier molecular flexibility index (Phi) is 7.81. The second kappa shape index (κ2) is 11.4. The number of carbonyl (C=O) groups is 2. The zero-order valence-corrected chi connectivity index (χ0v) is 19.5. The minimum absolute atomic E-state index is 0.162. The van der Waals surface area contributed by atoms with E-state index in [1.54, 1.807) is 48.5 Å². The van der Waals surface area contributed by atoms with Crippen molar-refractivity contribution in [3.05, 3.63) is 119 Å². The first kappa shape index (κ1) is 24.0. The number of carbonyl (C=O) groups excluding carboxylic acids is 1. The number of carboxylic acids is 1. The maximum atomic E-state index is 12.7. The summed E-state index contributed by atoms with van der Waals surface area (Å²) in [4.78, 5) is 24.6. The van der Waals surface area contributed by atoms with Crippen LogP contribution in [0.1, 0.15) is 22.3 Å². The summed E-state index contributed by atoms with van der Waals surface area (Å²) in [5.41, 5.74) is 3.23. The highest BCUT2D eigenvalue weighted by atomic mass is 35.5. The second-order valence-electron chi connectivity index (χ2n) is 7.89. The Morgan fingerprint density at radius 3 is 2.03 bits per heavy atom. The van der Waals surface area contributed by atoms with E-state index in [1.165, 1.54) is 0 Å². The van der Waals surface area contributed by atoms with E-state index in [4.69, 9.17) is 21.1 Å². The van der Waals surface area contributed by atoms with Crippen molar-refractivity contribution < 1.29 is 24.2 Å². The van der Waals surface area contributed by atoms with Crippen molar-refractivity contribution in [2.75, 3.05) is 0 Å². The largest absolute Gasteiger partial charge is 0.479 e. The van der Waals surface area contributed by atoms with Gasteiger partial charge in [-0.1, -0.05) is 78.3 Å². The minimum atomic E-state index is -1.13. The molecule has 1 N–H and O–H groups in total. The van der Waals surface area contributed by atoms with Gasteiger partial charge in [0.1, 0.15) is 17.1 Å². The molecule has 0 aliphatic carbocycles. The fraction of sp³-hybridized carbons (Fsp3) is 0.103. The van der Waals surface area contributed by atoms with Crippen LogP contribution in [-0.2, 0) is 11.2 Å². The third-order valence-corrected chi connectivity index (χ3v) is 5.68. The third kappa shape index (κ3) is 6.49. The molecule has 176 valence electrons. The van der Waals surface area contributed by atoms with Crippen LogP contribution >= 0.6 is 11.6 Å². The van der Waals surface area contributed by atoms with Gasteiger partial charge in [0, 0.05) is 5.02 Å². The summed E-state index contributed by atoms with van der Waals surface area (Å²) in [6.45, 7) is 0. The standard InChI is InChI=1S/C29H23ClO5/c30-23-17-15-22(16-18-23)21-13-10-20(11-14-21)12-19-27(28(31)32)35-26-9-5-4-8-25(26)29(33)34-24-6-2-1-3-7-24/h1-11,13-18,27H,12,19H2,(H,31,32).